The highest BCUT2D eigenvalue weighted by molar-refractivity contribution is 5.93. The molecular formula is C75H109N13O33. The summed E-state index contributed by atoms with van der Waals surface area (Å²) in [6, 6.07) is -2.24. The van der Waals surface area contributed by atoms with Crippen LogP contribution in [0.2, 0.25) is 0 Å². The fourth-order valence-corrected chi connectivity index (χ4v) is 17.3. The lowest BCUT2D eigenvalue weighted by atomic mass is 9.84. The molecule has 46 heteroatoms. The molecule has 121 heavy (non-hydrogen) atoms. The van der Waals surface area contributed by atoms with Gasteiger partial charge in [-0.3, -0.25) is 38.7 Å². The third-order valence-electron chi connectivity index (χ3n) is 23.7. The fraction of sp³-hybridized carbons (Fsp3) is 0.760. The van der Waals surface area contributed by atoms with Gasteiger partial charge in [-0.05, 0) is 77.0 Å². The van der Waals surface area contributed by atoms with Crippen LogP contribution in [-0.4, -0.2) is 325 Å². The van der Waals surface area contributed by atoms with Crippen LogP contribution in [0, 0.1) is 17.8 Å². The van der Waals surface area contributed by atoms with Crippen LogP contribution in [0.15, 0.2) is 43.7 Å². The maximum atomic E-state index is 14.6. The number of nitrogens with one attached hydrogen (secondary N) is 7. The van der Waals surface area contributed by atoms with E-state index >= 15 is 0 Å². The van der Waals surface area contributed by atoms with Crippen molar-refractivity contribution >= 4 is 35.4 Å². The highest BCUT2D eigenvalue weighted by Crippen LogP contribution is 2.41. The van der Waals surface area contributed by atoms with Crippen molar-refractivity contribution < 1.29 is 142 Å². The summed E-state index contributed by atoms with van der Waals surface area (Å²) in [4.78, 5) is 141. The molecule has 19 N–H and O–H groups in total. The Morgan fingerprint density at radius 3 is 1.38 bits per heavy atom. The lowest BCUT2D eigenvalue weighted by molar-refractivity contribution is -0.340. The van der Waals surface area contributed by atoms with Crippen LogP contribution in [0.1, 0.15) is 168 Å². The van der Waals surface area contributed by atoms with Crippen LogP contribution in [0.25, 0.3) is 0 Å². The Morgan fingerprint density at radius 2 is 0.926 bits per heavy atom. The van der Waals surface area contributed by atoms with Gasteiger partial charge >= 0.3 is 23.3 Å². The second-order valence-electron chi connectivity index (χ2n) is 32.5. The van der Waals surface area contributed by atoms with Crippen molar-refractivity contribution in [3.8, 4) is 0 Å². The number of amides is 3. The van der Waals surface area contributed by atoms with Gasteiger partial charge in [0.15, 0.2) is 43.2 Å². The Balaban J connectivity index is 0.742. The van der Waals surface area contributed by atoms with E-state index in [-0.39, 0.29) is 87.8 Å². The van der Waals surface area contributed by atoms with Crippen LogP contribution < -0.4 is 38.4 Å². The van der Waals surface area contributed by atoms with E-state index in [0.717, 1.165) is 60.0 Å². The highest BCUT2D eigenvalue weighted by atomic mass is 16.7. The minimum Gasteiger partial charge on any atom is -0.479 e. The number of aromatic amines is 4. The molecule has 8 fully saturated rings. The number of ketones is 1. The van der Waals surface area contributed by atoms with Gasteiger partial charge in [0.1, 0.15) is 121 Å². The molecule has 4 aromatic heterocycles. The third kappa shape index (κ3) is 23.4. The molecule has 672 valence electrons. The summed E-state index contributed by atoms with van der Waals surface area (Å²) in [6.45, 7) is -0.652. The van der Waals surface area contributed by atoms with Gasteiger partial charge in [0.05, 0.1) is 81.4 Å². The van der Waals surface area contributed by atoms with Gasteiger partial charge < -0.3 is 139 Å². The van der Waals surface area contributed by atoms with Crippen molar-refractivity contribution in [2.45, 2.75) is 328 Å². The molecule has 28 atom stereocenters. The molecule has 12 rings (SSSR count). The minimum absolute atomic E-state index is 0.00178. The average molecular weight is 1720 g/mol. The molecule has 8 heterocycles. The average Bonchev–Trinajstić information content (AvgIpc) is 1.69. The number of H-pyrrole nitrogens is 4. The summed E-state index contributed by atoms with van der Waals surface area (Å²) in [5, 5.41) is 157. The molecule has 3 amide bonds. The van der Waals surface area contributed by atoms with E-state index in [0.29, 0.717) is 25.7 Å². The Hall–Kier alpha value is -8.18. The first-order valence-electron chi connectivity index (χ1n) is 41.0. The number of aromatic nitrogens is 10. The normalized spacial score (nSPS) is 34.4. The zero-order chi connectivity index (χ0) is 86.6. The minimum atomic E-state index is -1.90. The van der Waals surface area contributed by atoms with Crippen LogP contribution in [-0.2, 0) is 97.6 Å². The summed E-state index contributed by atoms with van der Waals surface area (Å²) in [5.41, 5.74) is -4.36. The standard InChI is InChI=1S/C75H109N13O33/c1-32-54(95)58(99)60(101)72(112-32)120-63-40(76-66(103)42-22-50(92)81-74(109)78-42)15-9-17-44(63)116-70-39(62(56(97)48(28-89)118-70)114-46(68(105)106)19-34-11-5-3-6-12-34)21-38(91)26-87-24-36(83-85-87)30-111-31-37-25-88(86-84-37)27-52(94)80-53-65(115-47(69(107)108)20-35-13-7-4-8-14-35)57(98)49(29-90)119-71(53)117-45-18-10-16-41(77-67(104)43-23-51(93)82-75(110)79-43)64(45)121-73-61(102)59(100)55(96)33(2)113-73/h22-25,32-35,39-41,44-49,53-65,70-73,89-90,95-102H,3-21,26-31H2,1-2H3,(H,76,103)(H,77,104)(H,80,94)(H,105,106)(H,107,108)(H2,78,81,92,109)(H2,79,82,93,110)/t32-,33-,39+,40-,41-,44+,45+,46-,47-,48+,49+,53+,54+,55+,56-,57-,58+,59+,60-,61-,62+,63+,64+,65+,70+,71+,72-,73-/m0/s1. The number of aliphatic hydroxyl groups is 10. The SMILES string of the molecule is C[C@@H]1O[C@@H](O[C@@H]2[C@@H](NC(=O)c3cc(=O)[nH]c(=O)[nH]3)CCC[C@H]2O[C@@H]2O[C@H](CO)[C@H](O)[C@H](O[C@@H](CC3CCCCC3)C(=O)O)[C@H]2CC(=O)Cn2cc(COCc3cn(CC(=O)N[C@H]4[C@H](O[C@@H]5CCC[C@H](NC(=O)c6cc(=O)[nH]c(=O)[nH]6)[C@H]5O[C@@H]5O[C@@H](C)[C@@H](O)[C@@H](O)[C@@H]5O)O[C@H](CO)[C@H](O)[C@@H]4O[C@@H](CC4CCCCC4)C(=O)O)nn3)nn2)[C@@H](O)[C@H](O)[C@@H]1O. The van der Waals surface area contributed by atoms with E-state index < -0.39 is 273 Å². The maximum Gasteiger partial charge on any atom is 0.332 e. The van der Waals surface area contributed by atoms with Crippen LogP contribution in [0.4, 0.5) is 0 Å². The van der Waals surface area contributed by atoms with Crippen LogP contribution in [0.5, 0.6) is 0 Å². The summed E-state index contributed by atoms with van der Waals surface area (Å²) >= 11 is 0. The molecule has 4 saturated carbocycles. The topological polar surface area (TPSA) is 676 Å². The molecule has 8 aliphatic rings. The van der Waals surface area contributed by atoms with Gasteiger partial charge in [0.2, 0.25) is 5.91 Å². The molecule has 0 bridgehead atoms. The Labute approximate surface area is 688 Å². The first kappa shape index (κ1) is 92.0. The van der Waals surface area contributed by atoms with Crippen LogP contribution >= 0.6 is 0 Å². The number of hydrogen-bond donors (Lipinski definition) is 19. The van der Waals surface area contributed by atoms with Gasteiger partial charge in [-0.25, -0.2) is 28.5 Å². The summed E-state index contributed by atoms with van der Waals surface area (Å²) in [7, 11) is 0. The Morgan fingerprint density at radius 1 is 0.488 bits per heavy atom. The van der Waals surface area contributed by atoms with Gasteiger partial charge in [0.25, 0.3) is 22.9 Å². The Bertz CT molecular complexity index is 4040. The van der Waals surface area contributed by atoms with E-state index in [2.05, 4.69) is 46.5 Å². The van der Waals surface area contributed by atoms with Crippen molar-refractivity contribution in [3.05, 3.63) is 89.0 Å². The number of carboxylic acid groups (broad SMARTS) is 2. The second-order valence-corrected chi connectivity index (χ2v) is 32.5. The molecule has 4 aromatic rings. The van der Waals surface area contributed by atoms with Gasteiger partial charge in [-0.1, -0.05) is 74.6 Å². The zero-order valence-corrected chi connectivity index (χ0v) is 66.4. The predicted molar refractivity (Wildman–Crippen MR) is 402 cm³/mol. The molecule has 4 aliphatic carbocycles. The first-order valence-corrected chi connectivity index (χ1v) is 41.0. The molecule has 0 radical (unpaired) electrons. The number of carbonyl (C=O) groups excluding carboxylic acids is 4. The number of rotatable bonds is 35. The van der Waals surface area contributed by atoms with Gasteiger partial charge in [-0.15, -0.1) is 10.2 Å². The smallest absolute Gasteiger partial charge is 0.332 e. The predicted octanol–water partition coefficient (Wildman–Crippen LogP) is -5.67. The quantitative estimate of drug-likeness (QED) is 0.0204. The van der Waals surface area contributed by atoms with Gasteiger partial charge in [-0.2, -0.15) is 0 Å². The molecule has 4 aliphatic heterocycles. The summed E-state index contributed by atoms with van der Waals surface area (Å²) in [5.74, 6) is -7.76. The number of carboxylic acids is 2. The number of Topliss-reactive ketones (excluding diaryl/α,β-unsaturated/α-hetero) is 1. The van der Waals surface area contributed by atoms with E-state index in [1.54, 1.807) is 0 Å². The van der Waals surface area contributed by atoms with E-state index in [1.165, 1.54) is 26.2 Å². The zero-order valence-electron chi connectivity index (χ0n) is 66.4. The van der Waals surface area contributed by atoms with Crippen molar-refractivity contribution in [2.24, 2.45) is 17.8 Å². The number of nitrogens with zero attached hydrogens (tertiary/aromatic N) is 6. The molecule has 0 unspecified atom stereocenters. The first-order chi connectivity index (χ1) is 57.9. The molecular weight excluding hydrogens is 1610 g/mol. The van der Waals surface area contributed by atoms with Crippen molar-refractivity contribution in [3.63, 3.8) is 0 Å². The third-order valence-corrected chi connectivity index (χ3v) is 23.7. The number of aliphatic carboxylic acids is 2. The summed E-state index contributed by atoms with van der Waals surface area (Å²) < 4.78 is 71.3. The number of ether oxygens (including phenoxy) is 11. The second kappa shape index (κ2) is 42.0. The van der Waals surface area contributed by atoms with Crippen molar-refractivity contribution in [2.75, 3.05) is 13.2 Å². The van der Waals surface area contributed by atoms with E-state index in [4.69, 9.17) is 52.1 Å². The maximum absolute atomic E-state index is 14.6. The Kier molecular flexibility index (Phi) is 31.9. The fourth-order valence-electron chi connectivity index (χ4n) is 17.3. The molecule has 0 aromatic carbocycles. The monoisotopic (exact) mass is 1720 g/mol. The summed E-state index contributed by atoms with van der Waals surface area (Å²) in [6.07, 6.45) is -27.1. The molecule has 4 saturated heterocycles. The lowest BCUT2D eigenvalue weighted by Gasteiger charge is -2.48. The largest absolute Gasteiger partial charge is 0.479 e. The lowest BCUT2D eigenvalue weighted by Crippen LogP contribution is -2.68. The number of hydrogen-bond acceptors (Lipinski definition) is 35. The van der Waals surface area contributed by atoms with Crippen LogP contribution in [0.3, 0.4) is 0 Å². The number of carbonyl (C=O) groups is 6. The highest BCUT2D eigenvalue weighted by Gasteiger charge is 2.55. The van der Waals surface area contributed by atoms with E-state index in [9.17, 15) is 109 Å². The van der Waals surface area contributed by atoms with Gasteiger partial charge in [0, 0.05) is 24.5 Å². The number of aliphatic hydroxyl groups excluding tert-OH is 10. The van der Waals surface area contributed by atoms with Crippen molar-refractivity contribution in [1.29, 1.82) is 0 Å². The molecule has 46 nitrogen and oxygen atoms in total. The van der Waals surface area contributed by atoms with E-state index in [1.807, 2.05) is 9.97 Å². The van der Waals surface area contributed by atoms with Crippen molar-refractivity contribution in [1.82, 2.24) is 65.9 Å². The molecule has 0 spiro atoms.